The van der Waals surface area contributed by atoms with Crippen molar-refractivity contribution >= 4 is 38.4 Å². The highest BCUT2D eigenvalue weighted by atomic mass is 32.2. The maximum atomic E-state index is 12.3. The van der Waals surface area contributed by atoms with Gasteiger partial charge in [-0.2, -0.15) is 5.10 Å². The fraction of sp³-hybridized carbons (Fsp3) is 0.200. The molecule has 0 spiro atoms. The van der Waals surface area contributed by atoms with Gasteiger partial charge in [-0.15, -0.1) is 0 Å². The third-order valence-electron chi connectivity index (χ3n) is 4.66. The zero-order valence-corrected chi connectivity index (χ0v) is 16.7. The molecule has 3 aromatic rings. The molecule has 148 valence electrons. The van der Waals surface area contributed by atoms with Crippen molar-refractivity contribution in [3.8, 4) is 0 Å². The second-order valence-electron chi connectivity index (χ2n) is 6.82. The highest BCUT2D eigenvalue weighted by molar-refractivity contribution is 7.92. The van der Waals surface area contributed by atoms with Crippen molar-refractivity contribution < 1.29 is 13.2 Å². The predicted octanol–water partition coefficient (Wildman–Crippen LogP) is 2.70. The summed E-state index contributed by atoms with van der Waals surface area (Å²) in [6, 6.07) is 12.3. The number of carbonyl (C=O) groups excluding carboxylic acids is 1. The number of amides is 1. The van der Waals surface area contributed by atoms with Crippen LogP contribution in [0.2, 0.25) is 0 Å². The number of benzene rings is 2. The van der Waals surface area contributed by atoms with Gasteiger partial charge < -0.3 is 0 Å². The topological polar surface area (TPSA) is 105 Å². The first kappa shape index (κ1) is 19.0. The molecule has 2 aromatic carbocycles. The first-order valence-electron chi connectivity index (χ1n) is 8.97. The lowest BCUT2D eigenvalue weighted by Gasteiger charge is -2.21. The van der Waals surface area contributed by atoms with Crippen molar-refractivity contribution in [1.82, 2.24) is 15.0 Å². The number of aromatic nitrogens is 2. The van der Waals surface area contributed by atoms with Crippen LogP contribution in [-0.2, 0) is 14.8 Å². The molecule has 0 fully saturated rings. The Hall–Kier alpha value is -3.33. The van der Waals surface area contributed by atoms with Crippen molar-refractivity contribution in [1.29, 1.82) is 0 Å². The van der Waals surface area contributed by atoms with Crippen LogP contribution in [-0.4, -0.2) is 41.3 Å². The fourth-order valence-corrected chi connectivity index (χ4v) is 4.09. The van der Waals surface area contributed by atoms with E-state index in [-0.39, 0.29) is 11.9 Å². The van der Waals surface area contributed by atoms with Crippen molar-refractivity contribution in [3.05, 3.63) is 66.0 Å². The number of nitrogens with zero attached hydrogens (tertiary/aromatic N) is 4. The maximum Gasteiger partial charge on any atom is 0.240 e. The van der Waals surface area contributed by atoms with E-state index in [1.165, 1.54) is 11.9 Å². The summed E-state index contributed by atoms with van der Waals surface area (Å²) < 4.78 is 26.0. The van der Waals surface area contributed by atoms with Gasteiger partial charge in [0, 0.05) is 36.9 Å². The Kier molecular flexibility index (Phi) is 4.75. The number of hydrogen-bond donors (Lipinski definition) is 1. The number of anilines is 1. The molecule has 1 aliphatic heterocycles. The average molecular weight is 409 g/mol. The molecule has 0 unspecified atom stereocenters. The summed E-state index contributed by atoms with van der Waals surface area (Å²) in [5, 5.41) is 5.96. The minimum absolute atomic E-state index is 0.209. The summed E-state index contributed by atoms with van der Waals surface area (Å²) in [6.45, 7) is 1.46. The fourth-order valence-electron chi connectivity index (χ4n) is 3.51. The van der Waals surface area contributed by atoms with Crippen molar-refractivity contribution in [2.75, 3.05) is 11.0 Å². The number of hydrogen-bond acceptors (Lipinski definition) is 6. The van der Waals surface area contributed by atoms with E-state index in [4.69, 9.17) is 0 Å². The van der Waals surface area contributed by atoms with Crippen molar-refractivity contribution in [3.63, 3.8) is 0 Å². The lowest BCUT2D eigenvalue weighted by molar-refractivity contribution is -0.130. The summed E-state index contributed by atoms with van der Waals surface area (Å²) in [5.74, 6) is -0.209. The predicted molar refractivity (Wildman–Crippen MR) is 111 cm³/mol. The van der Waals surface area contributed by atoms with Crippen LogP contribution in [0, 0.1) is 0 Å². The van der Waals surface area contributed by atoms with E-state index in [1.807, 2.05) is 18.2 Å². The second kappa shape index (κ2) is 7.25. The lowest BCUT2D eigenvalue weighted by Crippen LogP contribution is -2.24. The molecule has 0 radical (unpaired) electrons. The number of sulfonamides is 1. The molecular formula is C20H19N5O3S. The Morgan fingerprint density at radius 1 is 1.10 bits per heavy atom. The van der Waals surface area contributed by atoms with Gasteiger partial charge in [0.15, 0.2) is 0 Å². The van der Waals surface area contributed by atoms with Crippen LogP contribution in [0.3, 0.4) is 0 Å². The quantitative estimate of drug-likeness (QED) is 0.713. The van der Waals surface area contributed by atoms with Gasteiger partial charge in [0.2, 0.25) is 15.9 Å². The zero-order valence-electron chi connectivity index (χ0n) is 15.9. The Morgan fingerprint density at radius 3 is 2.62 bits per heavy atom. The molecule has 2 heterocycles. The van der Waals surface area contributed by atoms with Crippen LogP contribution in [0.15, 0.2) is 60.0 Å². The van der Waals surface area contributed by atoms with Gasteiger partial charge in [-0.25, -0.2) is 13.4 Å². The third-order valence-corrected chi connectivity index (χ3v) is 5.25. The van der Waals surface area contributed by atoms with Gasteiger partial charge in [0.25, 0.3) is 0 Å². The van der Waals surface area contributed by atoms with Crippen LogP contribution in [0.5, 0.6) is 0 Å². The molecule has 1 atom stereocenters. The number of carbonyl (C=O) groups is 1. The van der Waals surface area contributed by atoms with Gasteiger partial charge in [-0.1, -0.05) is 30.3 Å². The van der Waals surface area contributed by atoms with Crippen LogP contribution in [0.25, 0.3) is 11.0 Å². The minimum Gasteiger partial charge on any atom is -0.283 e. The SMILES string of the molecule is CC(=O)N1N=C(c2ccccc2NS(C)(=O)=O)C[C@H]1c1cccc2nccnc12. The van der Waals surface area contributed by atoms with E-state index < -0.39 is 10.0 Å². The third kappa shape index (κ3) is 3.81. The molecule has 1 aromatic heterocycles. The molecule has 29 heavy (non-hydrogen) atoms. The Balaban J connectivity index is 1.78. The Morgan fingerprint density at radius 2 is 1.86 bits per heavy atom. The highest BCUT2D eigenvalue weighted by Crippen LogP contribution is 2.36. The summed E-state index contributed by atoms with van der Waals surface area (Å²) in [6.07, 6.45) is 4.77. The number of hydrazone groups is 1. The van der Waals surface area contributed by atoms with E-state index in [2.05, 4.69) is 19.8 Å². The molecule has 8 nitrogen and oxygen atoms in total. The van der Waals surface area contributed by atoms with Crippen LogP contribution >= 0.6 is 0 Å². The van der Waals surface area contributed by atoms with Gasteiger partial charge in [-0.3, -0.25) is 19.5 Å². The standard InChI is InChI=1S/C20H19N5O3S/c1-13(26)25-19(15-7-5-9-17-20(15)22-11-10-21-17)12-18(23-25)14-6-3-4-8-16(14)24-29(2,27)28/h3-11,19,24H,12H2,1-2H3/t19-/m0/s1. The molecule has 0 aliphatic carbocycles. The van der Waals surface area contributed by atoms with E-state index in [0.29, 0.717) is 28.9 Å². The summed E-state index contributed by atoms with van der Waals surface area (Å²) in [5.41, 5.74) is 3.98. The van der Waals surface area contributed by atoms with Gasteiger partial charge >= 0.3 is 0 Å². The summed E-state index contributed by atoms with van der Waals surface area (Å²) in [4.78, 5) is 21.1. The highest BCUT2D eigenvalue weighted by Gasteiger charge is 2.33. The minimum atomic E-state index is -3.46. The van der Waals surface area contributed by atoms with Crippen LogP contribution in [0.1, 0.15) is 30.5 Å². The lowest BCUT2D eigenvalue weighted by atomic mass is 9.96. The number of para-hydroxylation sites is 2. The second-order valence-corrected chi connectivity index (χ2v) is 8.57. The number of nitrogens with one attached hydrogen (secondary N) is 1. The largest absolute Gasteiger partial charge is 0.283 e. The van der Waals surface area contributed by atoms with E-state index in [1.54, 1.807) is 36.7 Å². The smallest absolute Gasteiger partial charge is 0.240 e. The molecule has 0 bridgehead atoms. The summed E-state index contributed by atoms with van der Waals surface area (Å²) >= 11 is 0. The Bertz CT molecular complexity index is 1230. The van der Waals surface area contributed by atoms with E-state index >= 15 is 0 Å². The normalized spacial score (nSPS) is 16.7. The zero-order chi connectivity index (χ0) is 20.6. The van der Waals surface area contributed by atoms with Gasteiger partial charge in [-0.05, 0) is 12.1 Å². The molecule has 4 rings (SSSR count). The number of rotatable bonds is 4. The molecule has 0 saturated carbocycles. The van der Waals surface area contributed by atoms with E-state index in [0.717, 1.165) is 17.3 Å². The van der Waals surface area contributed by atoms with Crippen LogP contribution in [0.4, 0.5) is 5.69 Å². The first-order valence-corrected chi connectivity index (χ1v) is 10.9. The average Bonchev–Trinajstić information content (AvgIpc) is 3.12. The molecule has 1 amide bonds. The molecule has 1 N–H and O–H groups in total. The monoisotopic (exact) mass is 409 g/mol. The van der Waals surface area contributed by atoms with Gasteiger partial charge in [0.1, 0.15) is 0 Å². The van der Waals surface area contributed by atoms with Crippen LogP contribution < -0.4 is 4.72 Å². The van der Waals surface area contributed by atoms with Crippen molar-refractivity contribution in [2.24, 2.45) is 5.10 Å². The van der Waals surface area contributed by atoms with Crippen molar-refractivity contribution in [2.45, 2.75) is 19.4 Å². The molecule has 0 saturated heterocycles. The number of fused-ring (bicyclic) bond motifs is 1. The molecular weight excluding hydrogens is 390 g/mol. The Labute approximate surface area is 168 Å². The first-order chi connectivity index (χ1) is 13.8. The molecule has 1 aliphatic rings. The maximum absolute atomic E-state index is 12.3. The van der Waals surface area contributed by atoms with Gasteiger partial charge in [0.05, 0.1) is 34.7 Å². The van der Waals surface area contributed by atoms with E-state index in [9.17, 15) is 13.2 Å². The summed E-state index contributed by atoms with van der Waals surface area (Å²) in [7, 11) is -3.46. The molecule has 9 heteroatoms.